The summed E-state index contributed by atoms with van der Waals surface area (Å²) in [5.41, 5.74) is 1.96. The van der Waals surface area contributed by atoms with E-state index >= 15 is 0 Å². The number of hydrogen-bond donors (Lipinski definition) is 0. The van der Waals surface area contributed by atoms with Crippen LogP contribution in [0.3, 0.4) is 0 Å². The Morgan fingerprint density at radius 1 is 1.25 bits per heavy atom. The average molecular weight is 346 g/mol. The van der Waals surface area contributed by atoms with Crippen molar-refractivity contribution in [3.05, 3.63) is 53.6 Å². The lowest BCUT2D eigenvalue weighted by Crippen LogP contribution is -2.11. The first-order valence-electron chi connectivity index (χ1n) is 7.55. The Balaban J connectivity index is 1.72. The SMILES string of the molecule is CCOC(=O)c1ccccc1OCCn1ccc2ncnc(Cl)c21. The number of ether oxygens (including phenoxy) is 2. The smallest absolute Gasteiger partial charge is 0.341 e. The molecule has 0 N–H and O–H groups in total. The highest BCUT2D eigenvalue weighted by Gasteiger charge is 2.13. The Kier molecular flexibility index (Phi) is 4.96. The van der Waals surface area contributed by atoms with Crippen molar-refractivity contribution in [3.8, 4) is 5.75 Å². The molecule has 0 aliphatic heterocycles. The van der Waals surface area contributed by atoms with Gasteiger partial charge >= 0.3 is 5.97 Å². The maximum Gasteiger partial charge on any atom is 0.341 e. The van der Waals surface area contributed by atoms with Crippen molar-refractivity contribution in [2.45, 2.75) is 13.5 Å². The second kappa shape index (κ2) is 7.31. The molecule has 124 valence electrons. The molecule has 0 fully saturated rings. The third kappa shape index (κ3) is 3.33. The molecule has 2 aromatic heterocycles. The van der Waals surface area contributed by atoms with E-state index in [0.29, 0.717) is 36.2 Å². The van der Waals surface area contributed by atoms with Crippen LogP contribution in [0, 0.1) is 0 Å². The number of aromatic nitrogens is 3. The number of para-hydroxylation sites is 1. The number of hydrogen-bond acceptors (Lipinski definition) is 5. The third-order valence-corrected chi connectivity index (χ3v) is 3.75. The van der Waals surface area contributed by atoms with Crippen LogP contribution < -0.4 is 4.74 Å². The van der Waals surface area contributed by atoms with Crippen LogP contribution in [0.25, 0.3) is 11.0 Å². The van der Waals surface area contributed by atoms with Crippen molar-refractivity contribution in [1.29, 1.82) is 0 Å². The molecule has 0 radical (unpaired) electrons. The first kappa shape index (κ1) is 16.3. The number of carbonyl (C=O) groups is 1. The van der Waals surface area contributed by atoms with Crippen LogP contribution in [0.2, 0.25) is 5.15 Å². The predicted octanol–water partition coefficient (Wildman–Crippen LogP) is 3.34. The highest BCUT2D eigenvalue weighted by molar-refractivity contribution is 6.33. The average Bonchev–Trinajstić information content (AvgIpc) is 3.00. The molecule has 7 heteroatoms. The van der Waals surface area contributed by atoms with E-state index < -0.39 is 5.97 Å². The summed E-state index contributed by atoms with van der Waals surface area (Å²) < 4.78 is 12.7. The van der Waals surface area contributed by atoms with E-state index in [1.165, 1.54) is 6.33 Å². The molecule has 0 aliphatic rings. The van der Waals surface area contributed by atoms with Crippen LogP contribution in [0.4, 0.5) is 0 Å². The minimum absolute atomic E-state index is 0.320. The van der Waals surface area contributed by atoms with Crippen molar-refractivity contribution in [2.24, 2.45) is 0 Å². The number of fused-ring (bicyclic) bond motifs is 1. The zero-order valence-corrected chi connectivity index (χ0v) is 13.9. The lowest BCUT2D eigenvalue weighted by atomic mass is 10.2. The molecular weight excluding hydrogens is 330 g/mol. The van der Waals surface area contributed by atoms with Gasteiger partial charge in [-0.3, -0.25) is 0 Å². The summed E-state index contributed by atoms with van der Waals surface area (Å²) in [5.74, 6) is 0.103. The second-order valence-electron chi connectivity index (χ2n) is 4.97. The van der Waals surface area contributed by atoms with Crippen LogP contribution in [0.1, 0.15) is 17.3 Å². The summed E-state index contributed by atoms with van der Waals surface area (Å²) in [6.45, 7) is 3.00. The predicted molar refractivity (Wildman–Crippen MR) is 90.4 cm³/mol. The van der Waals surface area contributed by atoms with Crippen molar-refractivity contribution < 1.29 is 14.3 Å². The van der Waals surface area contributed by atoms with E-state index in [1.54, 1.807) is 25.1 Å². The molecule has 0 saturated carbocycles. The molecule has 6 nitrogen and oxygen atoms in total. The molecule has 0 saturated heterocycles. The normalized spacial score (nSPS) is 10.8. The quantitative estimate of drug-likeness (QED) is 0.506. The van der Waals surface area contributed by atoms with Gasteiger partial charge in [-0.25, -0.2) is 14.8 Å². The molecule has 0 aliphatic carbocycles. The van der Waals surface area contributed by atoms with E-state index in [2.05, 4.69) is 9.97 Å². The fraction of sp³-hybridized carbons (Fsp3) is 0.235. The third-order valence-electron chi connectivity index (χ3n) is 3.48. The standard InChI is InChI=1S/C17H16ClN3O3/c1-2-23-17(22)12-5-3-4-6-14(12)24-10-9-21-8-7-13-15(21)16(18)20-11-19-13/h3-8,11H,2,9-10H2,1H3. The minimum atomic E-state index is -0.393. The van der Waals surface area contributed by atoms with E-state index in [9.17, 15) is 4.79 Å². The molecule has 0 bridgehead atoms. The summed E-state index contributed by atoms with van der Waals surface area (Å²) in [7, 11) is 0. The van der Waals surface area contributed by atoms with E-state index in [-0.39, 0.29) is 0 Å². The molecule has 2 heterocycles. The number of carbonyl (C=O) groups excluding carboxylic acids is 1. The Morgan fingerprint density at radius 3 is 2.92 bits per heavy atom. The van der Waals surface area contributed by atoms with Crippen LogP contribution >= 0.6 is 11.6 Å². The van der Waals surface area contributed by atoms with Gasteiger partial charge in [-0.15, -0.1) is 0 Å². The van der Waals surface area contributed by atoms with Gasteiger partial charge in [0.05, 0.1) is 18.7 Å². The van der Waals surface area contributed by atoms with E-state index in [0.717, 1.165) is 11.0 Å². The first-order valence-corrected chi connectivity index (χ1v) is 7.92. The Morgan fingerprint density at radius 2 is 2.08 bits per heavy atom. The van der Waals surface area contributed by atoms with Crippen LogP contribution in [0.5, 0.6) is 5.75 Å². The number of nitrogens with zero attached hydrogens (tertiary/aromatic N) is 3. The summed E-state index contributed by atoms with van der Waals surface area (Å²) >= 11 is 6.13. The summed E-state index contributed by atoms with van der Waals surface area (Å²) in [5, 5.41) is 0.400. The van der Waals surface area contributed by atoms with Crippen LogP contribution in [0.15, 0.2) is 42.9 Å². The van der Waals surface area contributed by atoms with Crippen molar-refractivity contribution in [3.63, 3.8) is 0 Å². The summed E-state index contributed by atoms with van der Waals surface area (Å²) in [4.78, 5) is 20.1. The maximum absolute atomic E-state index is 11.9. The van der Waals surface area contributed by atoms with Gasteiger partial charge in [0.1, 0.15) is 29.8 Å². The number of halogens is 1. The lowest BCUT2D eigenvalue weighted by Gasteiger charge is -2.11. The molecule has 24 heavy (non-hydrogen) atoms. The molecule has 0 amide bonds. The molecule has 3 rings (SSSR count). The summed E-state index contributed by atoms with van der Waals surface area (Å²) in [6, 6.07) is 8.89. The number of benzene rings is 1. The molecular formula is C17H16ClN3O3. The van der Waals surface area contributed by atoms with Gasteiger partial charge in [0.25, 0.3) is 0 Å². The van der Waals surface area contributed by atoms with Crippen molar-refractivity contribution in [2.75, 3.05) is 13.2 Å². The van der Waals surface area contributed by atoms with Gasteiger partial charge in [-0.05, 0) is 25.1 Å². The maximum atomic E-state index is 11.9. The van der Waals surface area contributed by atoms with Gasteiger partial charge < -0.3 is 14.0 Å². The summed E-state index contributed by atoms with van der Waals surface area (Å²) in [6.07, 6.45) is 3.31. The highest BCUT2D eigenvalue weighted by atomic mass is 35.5. The van der Waals surface area contributed by atoms with Gasteiger partial charge in [-0.2, -0.15) is 0 Å². The molecule has 0 atom stereocenters. The Labute approximate surface area is 144 Å². The lowest BCUT2D eigenvalue weighted by molar-refractivity contribution is 0.0521. The largest absolute Gasteiger partial charge is 0.491 e. The van der Waals surface area contributed by atoms with E-state index in [1.807, 2.05) is 22.9 Å². The van der Waals surface area contributed by atoms with Gasteiger partial charge in [0.15, 0.2) is 5.15 Å². The molecule has 0 spiro atoms. The zero-order valence-electron chi connectivity index (χ0n) is 13.1. The zero-order chi connectivity index (χ0) is 16.9. The first-order chi connectivity index (χ1) is 11.7. The minimum Gasteiger partial charge on any atom is -0.491 e. The molecule has 1 aromatic carbocycles. The van der Waals surface area contributed by atoms with Crippen molar-refractivity contribution >= 4 is 28.6 Å². The van der Waals surface area contributed by atoms with Gasteiger partial charge in [0.2, 0.25) is 0 Å². The van der Waals surface area contributed by atoms with Crippen LogP contribution in [-0.2, 0) is 11.3 Å². The topological polar surface area (TPSA) is 66.2 Å². The highest BCUT2D eigenvalue weighted by Crippen LogP contribution is 2.21. The van der Waals surface area contributed by atoms with E-state index in [4.69, 9.17) is 21.1 Å². The molecule has 3 aromatic rings. The van der Waals surface area contributed by atoms with Gasteiger partial charge in [-0.1, -0.05) is 23.7 Å². The van der Waals surface area contributed by atoms with Gasteiger partial charge in [0, 0.05) is 6.20 Å². The molecule has 0 unspecified atom stereocenters. The second-order valence-corrected chi connectivity index (χ2v) is 5.33. The Bertz CT molecular complexity index is 863. The fourth-order valence-corrected chi connectivity index (χ4v) is 2.65. The van der Waals surface area contributed by atoms with Crippen molar-refractivity contribution in [1.82, 2.24) is 14.5 Å². The number of esters is 1. The van der Waals surface area contributed by atoms with Crippen LogP contribution in [-0.4, -0.2) is 33.7 Å². The monoisotopic (exact) mass is 345 g/mol. The fourth-order valence-electron chi connectivity index (χ4n) is 2.40. The number of rotatable bonds is 6. The Hall–Kier alpha value is -2.60.